The molecule has 2 amide bonds. The number of para-hydroxylation sites is 1. The van der Waals surface area contributed by atoms with Crippen LogP contribution in [0.5, 0.6) is 0 Å². The molecule has 142 valence electrons. The third-order valence-corrected chi connectivity index (χ3v) is 5.19. The van der Waals surface area contributed by atoms with Crippen LogP contribution in [0.15, 0.2) is 60.8 Å². The molecule has 5 nitrogen and oxygen atoms in total. The maximum Gasteiger partial charge on any atom is 0.313 e. The first kappa shape index (κ1) is 18.1. The van der Waals surface area contributed by atoms with E-state index in [0.717, 1.165) is 24.8 Å². The Morgan fingerprint density at radius 1 is 1.04 bits per heavy atom. The molecule has 0 saturated heterocycles. The van der Waals surface area contributed by atoms with Crippen LogP contribution in [0, 0.1) is 11.7 Å². The lowest BCUT2D eigenvalue weighted by atomic mass is 9.77. The summed E-state index contributed by atoms with van der Waals surface area (Å²) in [6, 6.07) is 15.7. The Morgan fingerprint density at radius 3 is 2.54 bits per heavy atom. The first-order valence-electron chi connectivity index (χ1n) is 9.33. The zero-order chi connectivity index (χ0) is 19.5. The molecule has 2 aromatic carbocycles. The second-order valence-electron chi connectivity index (χ2n) is 7.04. The molecule has 0 aliphatic heterocycles. The predicted octanol–water partition coefficient (Wildman–Crippen LogP) is 3.97. The van der Waals surface area contributed by atoms with Crippen molar-refractivity contribution in [2.24, 2.45) is 5.92 Å². The van der Waals surface area contributed by atoms with Gasteiger partial charge in [-0.1, -0.05) is 48.9 Å². The van der Waals surface area contributed by atoms with Gasteiger partial charge in [-0.25, -0.2) is 4.39 Å². The number of rotatable bonds is 4. The van der Waals surface area contributed by atoms with Crippen LogP contribution < -0.4 is 10.6 Å². The van der Waals surface area contributed by atoms with Gasteiger partial charge in [0.2, 0.25) is 0 Å². The molecule has 1 unspecified atom stereocenters. The Bertz CT molecular complexity index is 1020. The average molecular weight is 377 g/mol. The summed E-state index contributed by atoms with van der Waals surface area (Å²) in [4.78, 5) is 28.9. The number of halogens is 1. The number of aromatic nitrogens is 1. The van der Waals surface area contributed by atoms with Gasteiger partial charge >= 0.3 is 11.8 Å². The van der Waals surface area contributed by atoms with E-state index >= 15 is 0 Å². The summed E-state index contributed by atoms with van der Waals surface area (Å²) in [5.41, 5.74) is 1.56. The highest BCUT2D eigenvalue weighted by Gasteiger charge is 2.31. The fourth-order valence-electron chi connectivity index (χ4n) is 3.49. The number of nitrogens with one attached hydrogen (secondary N) is 2. The van der Waals surface area contributed by atoms with Gasteiger partial charge in [-0.2, -0.15) is 0 Å². The molecular formula is C22H20FN3O2. The van der Waals surface area contributed by atoms with Crippen LogP contribution in [0.2, 0.25) is 0 Å². The normalized spacial score (nSPS) is 14.9. The van der Waals surface area contributed by atoms with E-state index in [1.165, 1.54) is 12.3 Å². The quantitative estimate of drug-likeness (QED) is 0.676. The monoisotopic (exact) mass is 377 g/mol. The Kier molecular flexibility index (Phi) is 5.02. The SMILES string of the molecule is O=C(Nc1cnc2c(F)cccc2c1)C(=O)NC(c1ccccc1)C1CCC1. The van der Waals surface area contributed by atoms with E-state index in [1.54, 1.807) is 18.2 Å². The summed E-state index contributed by atoms with van der Waals surface area (Å²) in [5, 5.41) is 5.97. The summed E-state index contributed by atoms with van der Waals surface area (Å²) in [6.07, 6.45) is 4.54. The number of pyridine rings is 1. The first-order chi connectivity index (χ1) is 13.6. The molecule has 1 fully saturated rings. The Balaban J connectivity index is 1.47. The van der Waals surface area contributed by atoms with Gasteiger partial charge in [-0.3, -0.25) is 14.6 Å². The lowest BCUT2D eigenvalue weighted by Crippen LogP contribution is -2.41. The molecule has 1 aliphatic carbocycles. The molecule has 0 spiro atoms. The number of carbonyl (C=O) groups is 2. The number of hydrogen-bond acceptors (Lipinski definition) is 3. The first-order valence-corrected chi connectivity index (χ1v) is 9.33. The van der Waals surface area contributed by atoms with Crippen LogP contribution in [0.4, 0.5) is 10.1 Å². The fraction of sp³-hybridized carbons (Fsp3) is 0.227. The van der Waals surface area contributed by atoms with Gasteiger partial charge in [0.1, 0.15) is 11.3 Å². The molecule has 28 heavy (non-hydrogen) atoms. The summed E-state index contributed by atoms with van der Waals surface area (Å²) < 4.78 is 13.7. The van der Waals surface area contributed by atoms with Crippen molar-refractivity contribution in [2.45, 2.75) is 25.3 Å². The minimum absolute atomic E-state index is 0.183. The van der Waals surface area contributed by atoms with Crippen LogP contribution in [0.25, 0.3) is 10.9 Å². The van der Waals surface area contributed by atoms with Crippen molar-refractivity contribution in [3.8, 4) is 0 Å². The molecule has 1 atom stereocenters. The summed E-state index contributed by atoms with van der Waals surface area (Å²) in [5.74, 6) is -1.55. The lowest BCUT2D eigenvalue weighted by molar-refractivity contribution is -0.137. The fourth-order valence-corrected chi connectivity index (χ4v) is 3.49. The Labute approximate surface area is 162 Å². The predicted molar refractivity (Wildman–Crippen MR) is 105 cm³/mol. The third kappa shape index (κ3) is 3.71. The maximum absolute atomic E-state index is 13.7. The van der Waals surface area contributed by atoms with Crippen LogP contribution in [0.3, 0.4) is 0 Å². The number of hydrogen-bond donors (Lipinski definition) is 2. The van der Waals surface area contributed by atoms with E-state index in [4.69, 9.17) is 0 Å². The zero-order valence-electron chi connectivity index (χ0n) is 15.2. The van der Waals surface area contributed by atoms with Gasteiger partial charge < -0.3 is 10.6 Å². The molecule has 4 rings (SSSR count). The Morgan fingerprint density at radius 2 is 1.82 bits per heavy atom. The summed E-state index contributed by atoms with van der Waals surface area (Å²) >= 11 is 0. The number of anilines is 1. The smallest absolute Gasteiger partial charge is 0.313 e. The van der Waals surface area contributed by atoms with Crippen LogP contribution in [-0.2, 0) is 9.59 Å². The second kappa shape index (κ2) is 7.76. The second-order valence-corrected chi connectivity index (χ2v) is 7.04. The van der Waals surface area contributed by atoms with Gasteiger partial charge in [0, 0.05) is 5.39 Å². The maximum atomic E-state index is 13.7. The highest BCUT2D eigenvalue weighted by molar-refractivity contribution is 6.39. The topological polar surface area (TPSA) is 71.1 Å². The number of carbonyl (C=O) groups excluding carboxylic acids is 2. The number of amides is 2. The van der Waals surface area contributed by atoms with Gasteiger partial charge in [-0.05, 0) is 36.5 Å². The molecular weight excluding hydrogens is 357 g/mol. The van der Waals surface area contributed by atoms with Crippen molar-refractivity contribution < 1.29 is 14.0 Å². The third-order valence-electron chi connectivity index (χ3n) is 5.19. The van der Waals surface area contributed by atoms with Crippen molar-refractivity contribution in [3.63, 3.8) is 0 Å². The standard InChI is InChI=1S/C22H20FN3O2/c23-18-11-5-10-16-12-17(13-24-20(16)18)25-21(27)22(28)26-19(15-8-4-9-15)14-6-2-1-3-7-14/h1-3,5-7,10-13,15,19H,4,8-9H2,(H,25,27)(H,26,28). The molecule has 3 aromatic rings. The zero-order valence-corrected chi connectivity index (χ0v) is 15.2. The number of benzene rings is 2. The van der Waals surface area contributed by atoms with Crippen molar-refractivity contribution in [3.05, 3.63) is 72.2 Å². The van der Waals surface area contributed by atoms with Gasteiger partial charge in [0.15, 0.2) is 0 Å². The molecule has 1 saturated carbocycles. The van der Waals surface area contributed by atoms with Gasteiger partial charge in [0.05, 0.1) is 17.9 Å². The van der Waals surface area contributed by atoms with Crippen LogP contribution >= 0.6 is 0 Å². The Hall–Kier alpha value is -3.28. The number of nitrogens with zero attached hydrogens (tertiary/aromatic N) is 1. The largest absolute Gasteiger partial charge is 0.341 e. The van der Waals surface area contributed by atoms with E-state index in [-0.39, 0.29) is 11.6 Å². The van der Waals surface area contributed by atoms with Gasteiger partial charge in [0.25, 0.3) is 0 Å². The van der Waals surface area contributed by atoms with Crippen molar-refractivity contribution in [1.82, 2.24) is 10.3 Å². The van der Waals surface area contributed by atoms with E-state index in [0.29, 0.717) is 17.0 Å². The highest BCUT2D eigenvalue weighted by atomic mass is 19.1. The molecule has 1 heterocycles. The van der Waals surface area contributed by atoms with Gasteiger partial charge in [-0.15, -0.1) is 0 Å². The number of fused-ring (bicyclic) bond motifs is 1. The minimum Gasteiger partial charge on any atom is -0.341 e. The van der Waals surface area contributed by atoms with Crippen LogP contribution in [-0.4, -0.2) is 16.8 Å². The molecule has 2 N–H and O–H groups in total. The molecule has 6 heteroatoms. The molecule has 1 aliphatic rings. The van der Waals surface area contributed by atoms with E-state index < -0.39 is 17.6 Å². The van der Waals surface area contributed by atoms with E-state index in [9.17, 15) is 14.0 Å². The molecule has 1 aromatic heterocycles. The van der Waals surface area contributed by atoms with Crippen molar-refractivity contribution in [1.29, 1.82) is 0 Å². The van der Waals surface area contributed by atoms with Crippen LogP contribution in [0.1, 0.15) is 30.9 Å². The average Bonchev–Trinajstić information content (AvgIpc) is 2.67. The van der Waals surface area contributed by atoms with E-state index in [1.807, 2.05) is 30.3 Å². The van der Waals surface area contributed by atoms with E-state index in [2.05, 4.69) is 15.6 Å². The minimum atomic E-state index is -0.766. The summed E-state index contributed by atoms with van der Waals surface area (Å²) in [6.45, 7) is 0. The summed E-state index contributed by atoms with van der Waals surface area (Å²) in [7, 11) is 0. The van der Waals surface area contributed by atoms with Crippen molar-refractivity contribution >= 4 is 28.4 Å². The molecule has 0 bridgehead atoms. The molecule has 0 radical (unpaired) electrons. The highest BCUT2D eigenvalue weighted by Crippen LogP contribution is 2.37. The lowest BCUT2D eigenvalue weighted by Gasteiger charge is -2.34. The van der Waals surface area contributed by atoms with Crippen molar-refractivity contribution in [2.75, 3.05) is 5.32 Å².